The molecule has 1 aliphatic heterocycles. The summed E-state index contributed by atoms with van der Waals surface area (Å²) in [7, 11) is -2.32. The molecule has 0 unspecified atom stereocenters. The minimum Gasteiger partial charge on any atom is -0.383 e. The molecule has 0 aliphatic carbocycles. The fourth-order valence-corrected chi connectivity index (χ4v) is 5.20. The maximum atomic E-state index is 14.0. The predicted octanol–water partition coefficient (Wildman–Crippen LogP) is 2.90. The van der Waals surface area contributed by atoms with Crippen LogP contribution in [0, 0.1) is 11.7 Å². The molecule has 0 atom stereocenters. The quantitative estimate of drug-likeness (QED) is 0.641. The molecule has 0 aromatic heterocycles. The molecule has 1 saturated heterocycles. The molecule has 1 fully saturated rings. The van der Waals surface area contributed by atoms with Gasteiger partial charge in [-0.25, -0.2) is 12.8 Å². The van der Waals surface area contributed by atoms with Crippen molar-refractivity contribution in [3.63, 3.8) is 0 Å². The molecule has 3 rings (SSSR count). The SMILES string of the molecule is COCCN(Cc1ccccc1)C(=O)C1CCN(S(=O)(=O)c2ccccc2F)CC1. The number of ether oxygens (including phenoxy) is 1. The van der Waals surface area contributed by atoms with Crippen LogP contribution in [0.2, 0.25) is 0 Å². The van der Waals surface area contributed by atoms with E-state index in [9.17, 15) is 17.6 Å². The van der Waals surface area contributed by atoms with Gasteiger partial charge in [0.05, 0.1) is 6.61 Å². The third kappa shape index (κ3) is 5.24. The Balaban J connectivity index is 1.66. The molecule has 2 aromatic carbocycles. The number of nitrogens with zero attached hydrogens (tertiary/aromatic N) is 2. The Hall–Kier alpha value is -2.29. The highest BCUT2D eigenvalue weighted by Gasteiger charge is 2.34. The Kier molecular flexibility index (Phi) is 7.58. The van der Waals surface area contributed by atoms with Crippen molar-refractivity contribution in [2.24, 2.45) is 5.92 Å². The number of carbonyl (C=O) groups is 1. The predicted molar refractivity (Wildman–Crippen MR) is 112 cm³/mol. The van der Waals surface area contributed by atoms with Crippen molar-refractivity contribution in [3.05, 3.63) is 66.0 Å². The van der Waals surface area contributed by atoms with Crippen molar-refractivity contribution in [2.75, 3.05) is 33.4 Å². The van der Waals surface area contributed by atoms with E-state index >= 15 is 0 Å². The number of sulfonamides is 1. The van der Waals surface area contributed by atoms with Gasteiger partial charge >= 0.3 is 0 Å². The maximum Gasteiger partial charge on any atom is 0.245 e. The summed E-state index contributed by atoms with van der Waals surface area (Å²) < 4.78 is 46.0. The average Bonchev–Trinajstić information content (AvgIpc) is 2.77. The summed E-state index contributed by atoms with van der Waals surface area (Å²) in [5.74, 6) is -1.03. The van der Waals surface area contributed by atoms with E-state index in [-0.39, 0.29) is 29.8 Å². The lowest BCUT2D eigenvalue weighted by Gasteiger charge is -2.33. The van der Waals surface area contributed by atoms with E-state index < -0.39 is 15.8 Å². The fourth-order valence-electron chi connectivity index (χ4n) is 3.67. The van der Waals surface area contributed by atoms with Crippen LogP contribution < -0.4 is 0 Å². The molecule has 1 amide bonds. The lowest BCUT2D eigenvalue weighted by Crippen LogP contribution is -2.45. The molecule has 0 spiro atoms. The van der Waals surface area contributed by atoms with Crippen LogP contribution in [-0.2, 0) is 26.1 Å². The van der Waals surface area contributed by atoms with Crippen LogP contribution >= 0.6 is 0 Å². The highest BCUT2D eigenvalue weighted by Crippen LogP contribution is 2.26. The molecule has 0 radical (unpaired) electrons. The molecule has 2 aromatic rings. The molecular weight excluding hydrogens is 407 g/mol. The van der Waals surface area contributed by atoms with Gasteiger partial charge in [-0.2, -0.15) is 4.31 Å². The van der Waals surface area contributed by atoms with Crippen LogP contribution in [-0.4, -0.2) is 56.9 Å². The number of hydrogen-bond donors (Lipinski definition) is 0. The molecule has 30 heavy (non-hydrogen) atoms. The number of hydrogen-bond acceptors (Lipinski definition) is 4. The second-order valence-electron chi connectivity index (χ2n) is 7.35. The van der Waals surface area contributed by atoms with Gasteiger partial charge in [0.25, 0.3) is 0 Å². The summed E-state index contributed by atoms with van der Waals surface area (Å²) in [6, 6.07) is 15.1. The molecule has 6 nitrogen and oxygen atoms in total. The zero-order valence-electron chi connectivity index (χ0n) is 17.0. The van der Waals surface area contributed by atoms with Gasteiger partial charge in [0.15, 0.2) is 0 Å². The summed E-state index contributed by atoms with van der Waals surface area (Å²) in [5.41, 5.74) is 1.03. The van der Waals surface area contributed by atoms with Gasteiger partial charge in [0.1, 0.15) is 10.7 Å². The largest absolute Gasteiger partial charge is 0.383 e. The van der Waals surface area contributed by atoms with Gasteiger partial charge < -0.3 is 9.64 Å². The van der Waals surface area contributed by atoms with Gasteiger partial charge in [-0.1, -0.05) is 42.5 Å². The van der Waals surface area contributed by atoms with Crippen molar-refractivity contribution in [1.82, 2.24) is 9.21 Å². The third-order valence-corrected chi connectivity index (χ3v) is 7.28. The zero-order chi connectivity index (χ0) is 21.6. The van der Waals surface area contributed by atoms with Crippen molar-refractivity contribution >= 4 is 15.9 Å². The first-order chi connectivity index (χ1) is 14.4. The monoisotopic (exact) mass is 434 g/mol. The van der Waals surface area contributed by atoms with E-state index in [1.165, 1.54) is 22.5 Å². The Morgan fingerprint density at radius 2 is 1.73 bits per heavy atom. The van der Waals surface area contributed by atoms with E-state index in [1.54, 1.807) is 12.0 Å². The number of rotatable bonds is 8. The Morgan fingerprint density at radius 3 is 2.37 bits per heavy atom. The van der Waals surface area contributed by atoms with Crippen LogP contribution in [0.1, 0.15) is 18.4 Å². The van der Waals surface area contributed by atoms with Crippen LogP contribution in [0.25, 0.3) is 0 Å². The van der Waals surface area contributed by atoms with E-state index in [2.05, 4.69) is 0 Å². The number of piperidine rings is 1. The van der Waals surface area contributed by atoms with Gasteiger partial charge in [0.2, 0.25) is 15.9 Å². The van der Waals surface area contributed by atoms with Crippen LogP contribution in [0.3, 0.4) is 0 Å². The number of methoxy groups -OCH3 is 1. The van der Waals surface area contributed by atoms with Crippen molar-refractivity contribution < 1.29 is 22.3 Å². The number of benzene rings is 2. The molecule has 0 bridgehead atoms. The van der Waals surface area contributed by atoms with Gasteiger partial charge in [0, 0.05) is 39.2 Å². The lowest BCUT2D eigenvalue weighted by molar-refractivity contribution is -0.138. The molecule has 0 saturated carbocycles. The molecule has 0 N–H and O–H groups in total. The van der Waals surface area contributed by atoms with Gasteiger partial charge in [-0.3, -0.25) is 4.79 Å². The first kappa shape index (κ1) is 22.4. The number of carbonyl (C=O) groups excluding carboxylic acids is 1. The first-order valence-corrected chi connectivity index (χ1v) is 11.4. The lowest BCUT2D eigenvalue weighted by atomic mass is 9.96. The fraction of sp³-hybridized carbons (Fsp3) is 0.409. The van der Waals surface area contributed by atoms with Crippen molar-refractivity contribution in [3.8, 4) is 0 Å². The first-order valence-electron chi connectivity index (χ1n) is 10.00. The summed E-state index contributed by atoms with van der Waals surface area (Å²) in [5, 5.41) is 0. The smallest absolute Gasteiger partial charge is 0.245 e. The summed E-state index contributed by atoms with van der Waals surface area (Å²) >= 11 is 0. The molecule has 8 heteroatoms. The van der Waals surface area contributed by atoms with Gasteiger partial charge in [-0.15, -0.1) is 0 Å². The van der Waals surface area contributed by atoms with E-state index in [1.807, 2.05) is 30.3 Å². The zero-order valence-corrected chi connectivity index (χ0v) is 17.9. The Morgan fingerprint density at radius 1 is 1.10 bits per heavy atom. The summed E-state index contributed by atoms with van der Waals surface area (Å²) in [6.45, 7) is 1.76. The number of amides is 1. The highest BCUT2D eigenvalue weighted by atomic mass is 32.2. The molecular formula is C22H27FN2O4S. The molecule has 162 valence electrons. The van der Waals surface area contributed by atoms with E-state index in [4.69, 9.17) is 4.74 Å². The minimum atomic E-state index is -3.91. The van der Waals surface area contributed by atoms with Crippen molar-refractivity contribution in [1.29, 1.82) is 0 Å². The minimum absolute atomic E-state index is 0.00107. The summed E-state index contributed by atoms with van der Waals surface area (Å²) in [4.78, 5) is 14.6. The van der Waals surface area contributed by atoms with Crippen molar-refractivity contribution in [2.45, 2.75) is 24.3 Å². The van der Waals surface area contributed by atoms with E-state index in [0.717, 1.165) is 11.6 Å². The van der Waals surface area contributed by atoms with E-state index in [0.29, 0.717) is 32.5 Å². The average molecular weight is 435 g/mol. The van der Waals surface area contributed by atoms with Crippen LogP contribution in [0.4, 0.5) is 4.39 Å². The Labute approximate surface area is 177 Å². The molecule has 1 aliphatic rings. The standard InChI is InChI=1S/C22H27FN2O4S/c1-29-16-15-24(17-18-7-3-2-4-8-18)22(26)19-11-13-25(14-12-19)30(27,28)21-10-6-5-9-20(21)23/h2-10,19H,11-17H2,1H3. The van der Waals surface area contributed by atoms with Crippen LogP contribution in [0.5, 0.6) is 0 Å². The maximum absolute atomic E-state index is 14.0. The third-order valence-electron chi connectivity index (χ3n) is 5.35. The Bertz CT molecular complexity index is 945. The summed E-state index contributed by atoms with van der Waals surface area (Å²) in [6.07, 6.45) is 0.815. The van der Waals surface area contributed by atoms with Crippen LogP contribution in [0.15, 0.2) is 59.5 Å². The number of halogens is 1. The molecule has 1 heterocycles. The second-order valence-corrected chi connectivity index (χ2v) is 9.25. The highest BCUT2D eigenvalue weighted by molar-refractivity contribution is 7.89. The topological polar surface area (TPSA) is 66.9 Å². The second kappa shape index (κ2) is 10.1. The normalized spacial score (nSPS) is 15.8. The van der Waals surface area contributed by atoms with Gasteiger partial charge in [-0.05, 0) is 30.5 Å².